The molecule has 0 spiro atoms. The Hall–Kier alpha value is -4.98. The zero-order valence-electron chi connectivity index (χ0n) is 31.1. The molecule has 304 valence electrons. The molecule has 8 amide bonds. The van der Waals surface area contributed by atoms with E-state index in [4.69, 9.17) is 10.5 Å². The predicted molar refractivity (Wildman–Crippen MR) is 196 cm³/mol. The molecular formula is C36H53FN8O10. The number of nitrogens with zero attached hydrogens (tertiary/aromatic N) is 1. The van der Waals surface area contributed by atoms with Gasteiger partial charge in [0.1, 0.15) is 30.4 Å². The second-order valence-electron chi connectivity index (χ2n) is 13.8. The number of rotatable bonds is 23. The minimum atomic E-state index is -1.46. The predicted octanol–water partition coefficient (Wildman–Crippen LogP) is -0.803. The number of nitrogens with one attached hydrogen (secondary N) is 6. The lowest BCUT2D eigenvalue weighted by atomic mass is 10.0. The summed E-state index contributed by atoms with van der Waals surface area (Å²) < 4.78 is 18.0. The normalized spacial score (nSPS) is 20.3. The Morgan fingerprint density at radius 1 is 0.855 bits per heavy atom. The van der Waals surface area contributed by atoms with Crippen LogP contribution < -0.4 is 37.9 Å². The van der Waals surface area contributed by atoms with Gasteiger partial charge in [0.05, 0.1) is 12.5 Å². The van der Waals surface area contributed by atoms with Crippen LogP contribution in [-0.4, -0.2) is 119 Å². The lowest BCUT2D eigenvalue weighted by Crippen LogP contribution is -2.55. The van der Waals surface area contributed by atoms with E-state index in [0.717, 1.165) is 10.5 Å². The highest BCUT2D eigenvalue weighted by Gasteiger charge is 2.44. The van der Waals surface area contributed by atoms with Crippen molar-refractivity contribution in [1.82, 2.24) is 31.7 Å². The number of anilines is 1. The van der Waals surface area contributed by atoms with Crippen molar-refractivity contribution < 1.29 is 53.0 Å². The summed E-state index contributed by atoms with van der Waals surface area (Å²) in [5.74, 6) is -3.38. The van der Waals surface area contributed by atoms with Gasteiger partial charge >= 0.3 is 6.03 Å². The molecule has 0 aliphatic carbocycles. The molecule has 0 aromatic heterocycles. The monoisotopic (exact) mass is 776 g/mol. The molecule has 0 radical (unpaired) electrons. The second-order valence-corrected chi connectivity index (χ2v) is 13.8. The minimum Gasteiger partial charge on any atom is -0.388 e. The smallest absolute Gasteiger partial charge is 0.312 e. The third kappa shape index (κ3) is 14.6. The second kappa shape index (κ2) is 22.4. The summed E-state index contributed by atoms with van der Waals surface area (Å²) in [6, 6.07) is 3.79. The number of nitrogens with two attached hydrogens (primary N) is 1. The van der Waals surface area contributed by atoms with E-state index in [1.54, 1.807) is 43.7 Å². The Labute approximate surface area is 318 Å². The van der Waals surface area contributed by atoms with Crippen molar-refractivity contribution in [2.75, 3.05) is 31.5 Å². The van der Waals surface area contributed by atoms with Crippen LogP contribution in [-0.2, 0) is 39.9 Å². The van der Waals surface area contributed by atoms with Crippen LogP contribution in [0.1, 0.15) is 64.4 Å². The first kappa shape index (κ1) is 44.4. The largest absolute Gasteiger partial charge is 0.388 e. The van der Waals surface area contributed by atoms with Crippen LogP contribution in [0.3, 0.4) is 0 Å². The number of halogens is 1. The van der Waals surface area contributed by atoms with Crippen molar-refractivity contribution in [3.8, 4) is 0 Å². The molecule has 1 saturated heterocycles. The van der Waals surface area contributed by atoms with Crippen LogP contribution in [0, 0.1) is 5.92 Å². The standard InChI is InChI=1S/C36H53FN8O10/c1-21(2)31(35(53)43-24(7-6-16-39-36(38)54)34(52)42-23-11-9-22(10-12-23)15-17-41-37)44-28(47)19-25-32(50)33(51)26(55-25)20-40-27(46)8-4-3-5-18-45-29(48)13-14-30(45)49/h9-14,21,24-26,31-33,41,50-51H,3-8,15-20H2,1-2H3,(H,40,46)(H,42,52)(H,43,53)(H,44,47)(H3,38,39,54)/t24?,25-,26+,31?,32-,33+/m0/s1. The van der Waals surface area contributed by atoms with E-state index in [-0.39, 0.29) is 63.2 Å². The Morgan fingerprint density at radius 2 is 1.53 bits per heavy atom. The summed E-state index contributed by atoms with van der Waals surface area (Å²) in [7, 11) is 0. The van der Waals surface area contributed by atoms with Crippen LogP contribution in [0.2, 0.25) is 0 Å². The number of aliphatic hydroxyl groups is 2. The van der Waals surface area contributed by atoms with E-state index in [1.165, 1.54) is 12.2 Å². The van der Waals surface area contributed by atoms with Crippen LogP contribution in [0.4, 0.5) is 15.0 Å². The van der Waals surface area contributed by atoms with Crippen molar-refractivity contribution >= 4 is 47.2 Å². The molecule has 2 heterocycles. The first-order valence-electron chi connectivity index (χ1n) is 18.4. The molecule has 10 N–H and O–H groups in total. The number of ether oxygens (including phenoxy) is 1. The maximum absolute atomic E-state index is 13.5. The van der Waals surface area contributed by atoms with Gasteiger partial charge in [0.25, 0.3) is 11.8 Å². The van der Waals surface area contributed by atoms with Gasteiger partial charge in [0, 0.05) is 50.4 Å². The van der Waals surface area contributed by atoms with Crippen molar-refractivity contribution in [2.45, 2.75) is 102 Å². The molecule has 3 rings (SSSR count). The highest BCUT2D eigenvalue weighted by Crippen LogP contribution is 2.24. The van der Waals surface area contributed by atoms with Gasteiger partial charge in [-0.05, 0) is 55.7 Å². The molecule has 2 aliphatic rings. The molecule has 1 aromatic carbocycles. The molecule has 2 unspecified atom stereocenters. The fourth-order valence-electron chi connectivity index (χ4n) is 6.02. The molecular weight excluding hydrogens is 723 g/mol. The molecule has 1 aromatic rings. The molecule has 0 bridgehead atoms. The first-order chi connectivity index (χ1) is 26.2. The number of unbranched alkanes of at least 4 members (excludes halogenated alkanes) is 2. The Kier molecular flexibility index (Phi) is 18.1. The number of hydrogen-bond donors (Lipinski definition) is 9. The Balaban J connectivity index is 1.49. The van der Waals surface area contributed by atoms with E-state index in [0.29, 0.717) is 31.4 Å². The molecule has 1 fully saturated rings. The summed E-state index contributed by atoms with van der Waals surface area (Å²) >= 11 is 0. The van der Waals surface area contributed by atoms with E-state index in [9.17, 15) is 48.3 Å². The molecule has 0 saturated carbocycles. The van der Waals surface area contributed by atoms with Crippen molar-refractivity contribution in [3.63, 3.8) is 0 Å². The number of carbonyl (C=O) groups excluding carboxylic acids is 7. The van der Waals surface area contributed by atoms with Gasteiger partial charge < -0.3 is 47.3 Å². The third-order valence-electron chi connectivity index (χ3n) is 9.13. The highest BCUT2D eigenvalue weighted by atomic mass is 19.2. The minimum absolute atomic E-state index is 0.107. The number of urea groups is 1. The summed E-state index contributed by atoms with van der Waals surface area (Å²) in [5.41, 5.74) is 7.98. The fraction of sp³-hybridized carbons (Fsp3) is 0.583. The summed E-state index contributed by atoms with van der Waals surface area (Å²) in [6.07, 6.45) is -0.416. The van der Waals surface area contributed by atoms with Crippen LogP contribution in [0.5, 0.6) is 0 Å². The SMILES string of the molecule is CC(C)C(NC(=O)C[C@@H]1O[C@H](CNC(=O)CCCCCN2C(=O)C=CC2=O)[C@@H](O)[C@H]1O)C(=O)NC(CCCNC(N)=O)C(=O)Nc1ccc(CCNF)cc1. The number of carbonyl (C=O) groups is 7. The summed E-state index contributed by atoms with van der Waals surface area (Å²) in [4.78, 5) is 87.8. The topological polar surface area (TPSA) is 271 Å². The van der Waals surface area contributed by atoms with Crippen LogP contribution >= 0.6 is 0 Å². The number of aliphatic hydroxyl groups excluding tert-OH is 2. The van der Waals surface area contributed by atoms with Gasteiger partial charge in [-0.3, -0.25) is 33.7 Å². The van der Waals surface area contributed by atoms with Crippen LogP contribution in [0.25, 0.3) is 0 Å². The molecule has 19 heteroatoms. The van der Waals surface area contributed by atoms with Crippen LogP contribution in [0.15, 0.2) is 36.4 Å². The van der Waals surface area contributed by atoms with Crippen molar-refractivity contribution in [1.29, 1.82) is 0 Å². The fourth-order valence-corrected chi connectivity index (χ4v) is 6.02. The first-order valence-corrected chi connectivity index (χ1v) is 18.4. The zero-order valence-corrected chi connectivity index (χ0v) is 31.1. The summed E-state index contributed by atoms with van der Waals surface area (Å²) in [6.45, 7) is 3.77. The number of hydrogen-bond acceptors (Lipinski definition) is 11. The van der Waals surface area contributed by atoms with Gasteiger partial charge in [-0.15, -0.1) is 4.48 Å². The van der Waals surface area contributed by atoms with Gasteiger partial charge in [0.15, 0.2) is 0 Å². The number of benzene rings is 1. The average molecular weight is 777 g/mol. The maximum atomic E-state index is 13.5. The summed E-state index contributed by atoms with van der Waals surface area (Å²) in [5, 5.41) is 34.3. The van der Waals surface area contributed by atoms with E-state index in [2.05, 4.69) is 26.6 Å². The van der Waals surface area contributed by atoms with Gasteiger partial charge in [-0.2, -0.15) is 5.54 Å². The Morgan fingerprint density at radius 3 is 2.16 bits per heavy atom. The van der Waals surface area contributed by atoms with Gasteiger partial charge in [-0.25, -0.2) is 4.79 Å². The third-order valence-corrected chi connectivity index (χ3v) is 9.13. The van der Waals surface area contributed by atoms with E-state index < -0.39 is 72.6 Å². The quantitative estimate of drug-likeness (QED) is 0.0377. The number of amides is 8. The van der Waals surface area contributed by atoms with Gasteiger partial charge in [0.2, 0.25) is 23.6 Å². The lowest BCUT2D eigenvalue weighted by molar-refractivity contribution is -0.137. The molecule has 6 atom stereocenters. The zero-order chi connectivity index (χ0) is 40.5. The van der Waals surface area contributed by atoms with E-state index in [1.807, 2.05) is 0 Å². The average Bonchev–Trinajstić information content (AvgIpc) is 3.60. The number of imide groups is 1. The number of primary amides is 1. The Bertz CT molecular complexity index is 1510. The van der Waals surface area contributed by atoms with Crippen molar-refractivity contribution in [2.24, 2.45) is 11.7 Å². The highest BCUT2D eigenvalue weighted by molar-refractivity contribution is 6.12. The maximum Gasteiger partial charge on any atom is 0.312 e. The van der Waals surface area contributed by atoms with E-state index >= 15 is 0 Å². The van der Waals surface area contributed by atoms with Crippen molar-refractivity contribution in [3.05, 3.63) is 42.0 Å². The molecule has 55 heavy (non-hydrogen) atoms. The molecule has 18 nitrogen and oxygen atoms in total. The molecule has 2 aliphatic heterocycles. The lowest BCUT2D eigenvalue weighted by Gasteiger charge is -2.26. The van der Waals surface area contributed by atoms with Gasteiger partial charge in [-0.1, -0.05) is 32.4 Å².